The molecular formula is C15H20ClN. The lowest BCUT2D eigenvalue weighted by molar-refractivity contribution is 0.242. The summed E-state index contributed by atoms with van der Waals surface area (Å²) in [5.41, 5.74) is 3.00. The second-order valence-electron chi connectivity index (χ2n) is 4.28. The van der Waals surface area contributed by atoms with Crippen LogP contribution in [0.4, 0.5) is 0 Å². The Morgan fingerprint density at radius 1 is 1.18 bits per heavy atom. The molecule has 0 fully saturated rings. The number of rotatable bonds is 5. The topological polar surface area (TPSA) is 3.24 Å². The van der Waals surface area contributed by atoms with Gasteiger partial charge in [0.2, 0.25) is 0 Å². The highest BCUT2D eigenvalue weighted by Crippen LogP contribution is 2.35. The van der Waals surface area contributed by atoms with Crippen molar-refractivity contribution in [2.45, 2.75) is 18.9 Å². The smallest absolute Gasteiger partial charge is 0.0360 e. The van der Waals surface area contributed by atoms with E-state index in [9.17, 15) is 0 Å². The molecule has 0 spiro atoms. The van der Waals surface area contributed by atoms with E-state index in [2.05, 4.69) is 42.3 Å². The van der Waals surface area contributed by atoms with E-state index < -0.39 is 0 Å². The zero-order chi connectivity index (χ0) is 11.4. The molecule has 0 aliphatic heterocycles. The Morgan fingerprint density at radius 3 is 2.47 bits per heavy atom. The second-order valence-corrected chi connectivity index (χ2v) is 4.28. The van der Waals surface area contributed by atoms with Gasteiger partial charge >= 0.3 is 0 Å². The Bertz CT molecular complexity index is 376. The summed E-state index contributed by atoms with van der Waals surface area (Å²) in [6.45, 7) is 9.54. The van der Waals surface area contributed by atoms with Gasteiger partial charge in [0.25, 0.3) is 0 Å². The summed E-state index contributed by atoms with van der Waals surface area (Å²) >= 11 is 0. The number of fused-ring (bicyclic) bond motifs is 1. The van der Waals surface area contributed by atoms with Crippen LogP contribution >= 0.6 is 12.4 Å². The Morgan fingerprint density at radius 2 is 1.82 bits per heavy atom. The van der Waals surface area contributed by atoms with Gasteiger partial charge in [0, 0.05) is 19.1 Å². The molecule has 92 valence electrons. The monoisotopic (exact) mass is 249 g/mol. The van der Waals surface area contributed by atoms with Crippen LogP contribution < -0.4 is 0 Å². The molecule has 1 aromatic rings. The van der Waals surface area contributed by atoms with Crippen LogP contribution in [0.3, 0.4) is 0 Å². The number of halogens is 1. The van der Waals surface area contributed by atoms with Crippen molar-refractivity contribution in [3.63, 3.8) is 0 Å². The fourth-order valence-corrected chi connectivity index (χ4v) is 2.57. The zero-order valence-corrected chi connectivity index (χ0v) is 11.0. The first-order valence-corrected chi connectivity index (χ1v) is 5.90. The van der Waals surface area contributed by atoms with Crippen LogP contribution in [0.1, 0.15) is 23.6 Å². The van der Waals surface area contributed by atoms with Crippen LogP contribution in [0.15, 0.2) is 49.6 Å². The summed E-state index contributed by atoms with van der Waals surface area (Å²) < 4.78 is 0. The Hall–Kier alpha value is -1.05. The minimum absolute atomic E-state index is 0. The number of nitrogens with zero attached hydrogens (tertiary/aromatic N) is 1. The number of hydrogen-bond acceptors (Lipinski definition) is 1. The maximum atomic E-state index is 3.83. The van der Waals surface area contributed by atoms with Crippen molar-refractivity contribution >= 4 is 12.4 Å². The molecule has 0 bridgehead atoms. The van der Waals surface area contributed by atoms with E-state index >= 15 is 0 Å². The van der Waals surface area contributed by atoms with Crippen LogP contribution in [0.2, 0.25) is 0 Å². The average molecular weight is 250 g/mol. The van der Waals surface area contributed by atoms with Gasteiger partial charge in [-0.3, -0.25) is 4.90 Å². The molecule has 0 amide bonds. The van der Waals surface area contributed by atoms with Gasteiger partial charge in [-0.15, -0.1) is 25.6 Å². The third-order valence-corrected chi connectivity index (χ3v) is 3.27. The molecule has 0 heterocycles. The van der Waals surface area contributed by atoms with Crippen molar-refractivity contribution < 1.29 is 0 Å². The van der Waals surface area contributed by atoms with Gasteiger partial charge in [-0.2, -0.15) is 0 Å². The van der Waals surface area contributed by atoms with Gasteiger partial charge in [0.05, 0.1) is 0 Å². The van der Waals surface area contributed by atoms with Gasteiger partial charge < -0.3 is 0 Å². The van der Waals surface area contributed by atoms with Gasteiger partial charge in [-0.25, -0.2) is 0 Å². The summed E-state index contributed by atoms with van der Waals surface area (Å²) in [5.74, 6) is 0. The summed E-state index contributed by atoms with van der Waals surface area (Å²) in [6.07, 6.45) is 6.38. The molecule has 0 aromatic heterocycles. The summed E-state index contributed by atoms with van der Waals surface area (Å²) in [6, 6.07) is 9.32. The maximum Gasteiger partial charge on any atom is 0.0360 e. The number of benzene rings is 1. The standard InChI is InChI=1S/C15H19N.ClH/c1-3-11-16(12-4-2)15-10-9-13-7-5-6-8-14(13)15;/h3-8,15H,1-2,9-12H2;1H/t15-;/m1./s1. The minimum atomic E-state index is 0. The first kappa shape index (κ1) is 14.0. The molecule has 1 atom stereocenters. The predicted octanol–water partition coefficient (Wildman–Crippen LogP) is 3.77. The lowest BCUT2D eigenvalue weighted by atomic mass is 10.1. The molecule has 0 N–H and O–H groups in total. The first-order valence-electron chi connectivity index (χ1n) is 5.90. The molecule has 0 saturated carbocycles. The quantitative estimate of drug-likeness (QED) is 0.718. The minimum Gasteiger partial charge on any atom is -0.289 e. The van der Waals surface area contributed by atoms with Crippen molar-refractivity contribution in [1.29, 1.82) is 0 Å². The fourth-order valence-electron chi connectivity index (χ4n) is 2.57. The van der Waals surface area contributed by atoms with E-state index in [0.29, 0.717) is 6.04 Å². The lowest BCUT2D eigenvalue weighted by Crippen LogP contribution is -2.27. The van der Waals surface area contributed by atoms with Gasteiger partial charge in [0.1, 0.15) is 0 Å². The molecule has 2 heteroatoms. The zero-order valence-electron chi connectivity index (χ0n) is 10.1. The van der Waals surface area contributed by atoms with Crippen molar-refractivity contribution in [2.75, 3.05) is 13.1 Å². The SMILES string of the molecule is C=CCN(CC=C)[C@@H]1CCc2ccccc21.Cl. The van der Waals surface area contributed by atoms with Crippen LogP contribution in [-0.4, -0.2) is 18.0 Å². The molecule has 1 nitrogen and oxygen atoms in total. The van der Waals surface area contributed by atoms with E-state index in [0.717, 1.165) is 13.1 Å². The molecule has 0 unspecified atom stereocenters. The van der Waals surface area contributed by atoms with Gasteiger partial charge in [-0.05, 0) is 24.0 Å². The highest BCUT2D eigenvalue weighted by molar-refractivity contribution is 5.85. The Balaban J connectivity index is 0.00000144. The molecule has 1 aromatic carbocycles. The van der Waals surface area contributed by atoms with Crippen molar-refractivity contribution in [3.8, 4) is 0 Å². The molecular weight excluding hydrogens is 230 g/mol. The summed E-state index contributed by atoms with van der Waals surface area (Å²) in [5, 5.41) is 0. The molecule has 0 saturated heterocycles. The van der Waals surface area contributed by atoms with Gasteiger partial charge in [-0.1, -0.05) is 36.4 Å². The molecule has 17 heavy (non-hydrogen) atoms. The molecule has 0 radical (unpaired) electrons. The van der Waals surface area contributed by atoms with E-state index in [-0.39, 0.29) is 12.4 Å². The van der Waals surface area contributed by atoms with E-state index in [1.165, 1.54) is 24.0 Å². The Kier molecular flexibility index (Phi) is 5.46. The average Bonchev–Trinajstić information content (AvgIpc) is 2.72. The molecule has 2 rings (SSSR count). The van der Waals surface area contributed by atoms with Crippen LogP contribution in [-0.2, 0) is 6.42 Å². The number of hydrogen-bond donors (Lipinski definition) is 0. The van der Waals surface area contributed by atoms with Crippen molar-refractivity contribution in [3.05, 3.63) is 60.7 Å². The third kappa shape index (κ3) is 2.99. The lowest BCUT2D eigenvalue weighted by Gasteiger charge is -2.27. The fraction of sp³-hybridized carbons (Fsp3) is 0.333. The predicted molar refractivity (Wildman–Crippen MR) is 76.7 cm³/mol. The van der Waals surface area contributed by atoms with E-state index in [1.54, 1.807) is 0 Å². The first-order chi connectivity index (χ1) is 7.86. The van der Waals surface area contributed by atoms with Crippen molar-refractivity contribution in [2.24, 2.45) is 0 Å². The summed E-state index contributed by atoms with van der Waals surface area (Å²) in [7, 11) is 0. The van der Waals surface area contributed by atoms with E-state index in [1.807, 2.05) is 12.2 Å². The number of aryl methyl sites for hydroxylation is 1. The molecule has 1 aliphatic carbocycles. The molecule has 1 aliphatic rings. The Labute approximate surface area is 110 Å². The van der Waals surface area contributed by atoms with Crippen LogP contribution in [0, 0.1) is 0 Å². The highest BCUT2D eigenvalue weighted by atomic mass is 35.5. The van der Waals surface area contributed by atoms with Gasteiger partial charge in [0.15, 0.2) is 0 Å². The third-order valence-electron chi connectivity index (χ3n) is 3.27. The largest absolute Gasteiger partial charge is 0.289 e. The summed E-state index contributed by atoms with van der Waals surface area (Å²) in [4.78, 5) is 2.44. The van der Waals surface area contributed by atoms with Crippen LogP contribution in [0.25, 0.3) is 0 Å². The second kappa shape index (κ2) is 6.63. The maximum absolute atomic E-state index is 3.83. The van der Waals surface area contributed by atoms with Crippen LogP contribution in [0.5, 0.6) is 0 Å². The normalized spacial score (nSPS) is 17.4. The highest BCUT2D eigenvalue weighted by Gasteiger charge is 2.25. The van der Waals surface area contributed by atoms with E-state index in [4.69, 9.17) is 0 Å². The van der Waals surface area contributed by atoms with Crippen molar-refractivity contribution in [1.82, 2.24) is 4.90 Å².